The first kappa shape index (κ1) is 39.4. The first-order valence-electron chi connectivity index (χ1n) is 25.3. The molecule has 0 radical (unpaired) electrons. The van der Waals surface area contributed by atoms with Crippen molar-refractivity contribution in [1.82, 2.24) is 14.5 Å². The lowest BCUT2D eigenvalue weighted by molar-refractivity contribution is 0.472. The van der Waals surface area contributed by atoms with Crippen LogP contribution in [0.15, 0.2) is 188 Å². The molecule has 4 heteroatoms. The monoisotopic (exact) mass is 887 g/mol. The first-order valence-corrected chi connectivity index (χ1v) is 23.3. The van der Waals surface area contributed by atoms with Crippen molar-refractivity contribution in [3.8, 4) is 89.7 Å². The van der Waals surface area contributed by atoms with E-state index in [-0.39, 0.29) is 16.7 Å². The van der Waals surface area contributed by atoms with Crippen LogP contribution in [0.25, 0.3) is 95.0 Å². The minimum absolute atomic E-state index is 0.0805. The quantitative estimate of drug-likeness (QED) is 0.157. The summed E-state index contributed by atoms with van der Waals surface area (Å²) >= 11 is 0. The van der Waals surface area contributed by atoms with Crippen LogP contribution in [0.5, 0.6) is 5.75 Å². The molecule has 0 atom stereocenters. The number of aryl methyl sites for hydroxylation is 3. The number of phenolic OH excluding ortho intramolecular Hbond substituents is 1. The minimum Gasteiger partial charge on any atom is -0.507 e. The van der Waals surface area contributed by atoms with Crippen LogP contribution in [0.2, 0.25) is 0 Å². The largest absolute Gasteiger partial charge is 0.507 e. The molecule has 0 bridgehead atoms. The molecule has 10 rings (SSSR count). The van der Waals surface area contributed by atoms with Gasteiger partial charge in [0.2, 0.25) is 0 Å². The van der Waals surface area contributed by atoms with E-state index in [2.05, 4.69) is 87.5 Å². The zero-order valence-electron chi connectivity index (χ0n) is 43.7. The van der Waals surface area contributed by atoms with Gasteiger partial charge in [-0.25, -0.2) is 4.98 Å². The Morgan fingerprint density at radius 1 is 0.544 bits per heavy atom. The Hall–Kier alpha value is -7.82. The SMILES string of the molecule is [2H]C([2H])([2H])c1cc(-n2c(-c3cc(C)cc(C)c3O)nc3c(-c4cc(-c5ccccc5)cc(-c5cc(-c6ccc(C([2H])(C)C)cc6)ccn5)c4)cccc32)c(-c2ccccc2)cc1-c1ccc(C(C)(C)C)cc1. The van der Waals surface area contributed by atoms with Gasteiger partial charge >= 0.3 is 0 Å². The van der Waals surface area contributed by atoms with Gasteiger partial charge in [-0.1, -0.05) is 162 Å². The number of pyridine rings is 1. The number of rotatable bonds is 9. The molecule has 8 aromatic carbocycles. The number of aromatic hydroxyl groups is 1. The number of imidazole rings is 1. The van der Waals surface area contributed by atoms with Crippen molar-refractivity contribution in [1.29, 1.82) is 0 Å². The fourth-order valence-corrected chi connectivity index (χ4v) is 9.39. The standard InChI is InChI=1S/C64H57N3O/c1-40(2)44-22-24-46(25-23-44)49-30-31-65-58(38-49)52-36-50(45-16-11-9-12-17-45)35-51(37-52)54-20-15-21-59-61(54)66-63(57-33-41(3)32-43(5)62(57)68)67(59)60-34-42(4)55(39-56(60)47-18-13-10-14-19-47)48-26-28-53(29-27-48)64(6,7)8/h9-40,68H,1-8H3/i4D3,40D. The summed E-state index contributed by atoms with van der Waals surface area (Å²) in [6.45, 7) is 11.7. The van der Waals surface area contributed by atoms with Crippen LogP contribution >= 0.6 is 0 Å². The van der Waals surface area contributed by atoms with Crippen LogP contribution in [0.4, 0.5) is 0 Å². The molecule has 2 aromatic heterocycles. The number of nitrogens with zero attached hydrogens (tertiary/aromatic N) is 3. The van der Waals surface area contributed by atoms with Gasteiger partial charge < -0.3 is 5.11 Å². The third-order valence-corrected chi connectivity index (χ3v) is 13.1. The van der Waals surface area contributed by atoms with E-state index in [9.17, 15) is 5.11 Å². The molecule has 0 aliphatic carbocycles. The van der Waals surface area contributed by atoms with Gasteiger partial charge in [-0.2, -0.15) is 0 Å². The van der Waals surface area contributed by atoms with Crippen LogP contribution in [-0.4, -0.2) is 19.6 Å². The molecule has 68 heavy (non-hydrogen) atoms. The molecular weight excluding hydrogens is 827 g/mol. The molecule has 334 valence electrons. The number of fused-ring (bicyclic) bond motifs is 1. The molecule has 0 spiro atoms. The lowest BCUT2D eigenvalue weighted by atomic mass is 9.85. The highest BCUT2D eigenvalue weighted by Crippen LogP contribution is 2.44. The lowest BCUT2D eigenvalue weighted by Gasteiger charge is -2.21. The predicted octanol–water partition coefficient (Wildman–Crippen LogP) is 17.1. The van der Waals surface area contributed by atoms with E-state index >= 15 is 0 Å². The Bertz CT molecular complexity index is 3640. The molecule has 10 aromatic rings. The second-order valence-electron chi connectivity index (χ2n) is 19.2. The zero-order valence-corrected chi connectivity index (χ0v) is 39.7. The molecule has 0 unspecified atom stereocenters. The Kier molecular flexibility index (Phi) is 10.3. The molecule has 0 amide bonds. The minimum atomic E-state index is -2.49. The number of benzene rings is 8. The van der Waals surface area contributed by atoms with Crippen LogP contribution in [0.3, 0.4) is 0 Å². The highest BCUT2D eigenvalue weighted by atomic mass is 16.3. The highest BCUT2D eigenvalue weighted by molar-refractivity contribution is 5.99. The number of hydrogen-bond acceptors (Lipinski definition) is 3. The van der Waals surface area contributed by atoms with E-state index in [1.807, 2.05) is 154 Å². The van der Waals surface area contributed by atoms with E-state index in [0.29, 0.717) is 33.7 Å². The maximum absolute atomic E-state index is 12.0. The summed E-state index contributed by atoms with van der Waals surface area (Å²) in [5, 5.41) is 12.0. The summed E-state index contributed by atoms with van der Waals surface area (Å²) in [6.07, 6.45) is 1.84. The Morgan fingerprint density at radius 2 is 1.19 bits per heavy atom. The van der Waals surface area contributed by atoms with Crippen LogP contribution in [-0.2, 0) is 5.41 Å². The number of phenols is 1. The van der Waals surface area contributed by atoms with Gasteiger partial charge in [0.05, 0.1) is 28.0 Å². The van der Waals surface area contributed by atoms with E-state index < -0.39 is 12.7 Å². The maximum atomic E-state index is 12.0. The fourth-order valence-electron chi connectivity index (χ4n) is 9.39. The Labute approximate surface area is 406 Å². The highest BCUT2D eigenvalue weighted by Gasteiger charge is 2.25. The van der Waals surface area contributed by atoms with Crippen LogP contribution in [0, 0.1) is 20.7 Å². The van der Waals surface area contributed by atoms with Gasteiger partial charge in [-0.05, 0) is 159 Å². The first-order chi connectivity index (χ1) is 34.3. The second-order valence-corrected chi connectivity index (χ2v) is 19.2. The Balaban J connectivity index is 1.24. The van der Waals surface area contributed by atoms with Crippen molar-refractivity contribution in [2.45, 2.75) is 66.6 Å². The summed E-state index contributed by atoms with van der Waals surface area (Å²) in [6, 6.07) is 61.3. The van der Waals surface area contributed by atoms with Crippen molar-refractivity contribution in [3.63, 3.8) is 0 Å². The van der Waals surface area contributed by atoms with E-state index in [4.69, 9.17) is 15.5 Å². The van der Waals surface area contributed by atoms with E-state index in [1.165, 1.54) is 0 Å². The second kappa shape index (κ2) is 17.8. The molecule has 0 fully saturated rings. The van der Waals surface area contributed by atoms with Crippen molar-refractivity contribution < 1.29 is 10.6 Å². The third-order valence-electron chi connectivity index (χ3n) is 13.1. The van der Waals surface area contributed by atoms with Crippen molar-refractivity contribution in [3.05, 3.63) is 216 Å². The predicted molar refractivity (Wildman–Crippen MR) is 286 cm³/mol. The molecule has 2 heterocycles. The van der Waals surface area contributed by atoms with Gasteiger partial charge in [0.25, 0.3) is 0 Å². The maximum Gasteiger partial charge on any atom is 0.149 e. The zero-order chi connectivity index (χ0) is 50.7. The van der Waals surface area contributed by atoms with Crippen molar-refractivity contribution in [2.75, 3.05) is 0 Å². The Morgan fingerprint density at radius 3 is 1.88 bits per heavy atom. The van der Waals surface area contributed by atoms with Gasteiger partial charge in [0, 0.05) is 28.4 Å². The van der Waals surface area contributed by atoms with Crippen LogP contribution in [0.1, 0.15) is 73.8 Å². The summed E-state index contributed by atoms with van der Waals surface area (Å²) in [5.74, 6) is -0.126. The summed E-state index contributed by atoms with van der Waals surface area (Å²) in [7, 11) is 0. The summed E-state index contributed by atoms with van der Waals surface area (Å²) in [4.78, 5) is 10.5. The van der Waals surface area contributed by atoms with Crippen molar-refractivity contribution >= 4 is 11.0 Å². The van der Waals surface area contributed by atoms with Crippen molar-refractivity contribution in [2.24, 2.45) is 0 Å². The molecular formula is C64H57N3O. The number of hydrogen-bond donors (Lipinski definition) is 1. The van der Waals surface area contributed by atoms with Gasteiger partial charge in [0.15, 0.2) is 0 Å². The molecule has 0 aliphatic heterocycles. The summed E-state index contributed by atoms with van der Waals surface area (Å²) < 4.78 is 37.7. The normalized spacial score (nSPS) is 12.9. The van der Waals surface area contributed by atoms with E-state index in [0.717, 1.165) is 83.5 Å². The molecule has 0 saturated carbocycles. The average molecular weight is 888 g/mol. The summed E-state index contributed by atoms with van der Waals surface area (Å²) in [5.41, 5.74) is 17.2. The molecule has 0 aliphatic rings. The van der Waals surface area contributed by atoms with Gasteiger partial charge in [0.1, 0.15) is 11.6 Å². The van der Waals surface area contributed by atoms with Crippen LogP contribution < -0.4 is 0 Å². The number of aromatic nitrogens is 3. The van der Waals surface area contributed by atoms with E-state index in [1.54, 1.807) is 0 Å². The topological polar surface area (TPSA) is 50.9 Å². The number of para-hydroxylation sites is 1. The fraction of sp³-hybridized carbons (Fsp3) is 0.156. The molecule has 4 nitrogen and oxygen atoms in total. The van der Waals surface area contributed by atoms with Gasteiger partial charge in [-0.3, -0.25) is 9.55 Å². The smallest absolute Gasteiger partial charge is 0.149 e. The van der Waals surface area contributed by atoms with Gasteiger partial charge in [-0.15, -0.1) is 0 Å². The average Bonchev–Trinajstić information content (AvgIpc) is 3.76. The lowest BCUT2D eigenvalue weighted by Crippen LogP contribution is -2.10. The molecule has 0 saturated heterocycles. The molecule has 1 N–H and O–H groups in total. The third kappa shape index (κ3) is 8.43.